The number of anilines is 2. The van der Waals surface area contributed by atoms with Gasteiger partial charge in [0, 0.05) is 53.4 Å². The quantitative estimate of drug-likeness (QED) is 0.533. The van der Waals surface area contributed by atoms with E-state index in [2.05, 4.69) is 66.9 Å². The highest BCUT2D eigenvalue weighted by Crippen LogP contribution is 2.37. The van der Waals surface area contributed by atoms with Crippen molar-refractivity contribution in [1.29, 1.82) is 0 Å². The SMILES string of the molecule is CN1CCN(CC2COc3cc4ncnc(Nc5cccc(I)c5)c4cc3O2)CC1. The predicted octanol–water partition coefficient (Wildman–Crippen LogP) is 3.37. The van der Waals surface area contributed by atoms with Crippen molar-refractivity contribution < 1.29 is 9.47 Å². The molecular formula is C22H24IN5O2. The Morgan fingerprint density at radius 3 is 2.80 bits per heavy atom. The maximum absolute atomic E-state index is 6.33. The fourth-order valence-electron chi connectivity index (χ4n) is 3.88. The lowest BCUT2D eigenvalue weighted by Gasteiger charge is -2.36. The van der Waals surface area contributed by atoms with E-state index in [-0.39, 0.29) is 6.10 Å². The molecule has 1 atom stereocenters. The molecule has 3 aromatic rings. The van der Waals surface area contributed by atoms with Gasteiger partial charge in [0.15, 0.2) is 11.5 Å². The second-order valence-corrected chi connectivity index (χ2v) is 9.07. The summed E-state index contributed by atoms with van der Waals surface area (Å²) in [6.07, 6.45) is 1.60. The van der Waals surface area contributed by atoms with Crippen LogP contribution in [0.1, 0.15) is 0 Å². The first-order valence-corrected chi connectivity index (χ1v) is 11.2. The van der Waals surface area contributed by atoms with Crippen molar-refractivity contribution >= 4 is 45.0 Å². The van der Waals surface area contributed by atoms with Gasteiger partial charge in [0.1, 0.15) is 24.9 Å². The number of likely N-dealkylation sites (N-methyl/N-ethyl adjacent to an activating group) is 1. The van der Waals surface area contributed by atoms with Crippen LogP contribution in [-0.4, -0.2) is 72.3 Å². The number of ether oxygens (including phenoxy) is 2. The maximum Gasteiger partial charge on any atom is 0.163 e. The van der Waals surface area contributed by atoms with E-state index in [0.29, 0.717) is 6.61 Å². The lowest BCUT2D eigenvalue weighted by atomic mass is 10.1. The van der Waals surface area contributed by atoms with Crippen molar-refractivity contribution in [2.24, 2.45) is 0 Å². The Bertz CT molecular complexity index is 1050. The van der Waals surface area contributed by atoms with Gasteiger partial charge in [0.25, 0.3) is 0 Å². The lowest BCUT2D eigenvalue weighted by molar-refractivity contribution is 0.0442. The van der Waals surface area contributed by atoms with Crippen LogP contribution in [0.4, 0.5) is 11.5 Å². The number of rotatable bonds is 4. The largest absolute Gasteiger partial charge is 0.486 e. The van der Waals surface area contributed by atoms with Gasteiger partial charge in [-0.2, -0.15) is 0 Å². The van der Waals surface area contributed by atoms with Gasteiger partial charge in [-0.25, -0.2) is 9.97 Å². The molecule has 30 heavy (non-hydrogen) atoms. The van der Waals surface area contributed by atoms with Crippen molar-refractivity contribution in [3.05, 3.63) is 46.3 Å². The molecule has 0 saturated carbocycles. The Hall–Kier alpha value is -2.17. The molecule has 8 heteroatoms. The zero-order valence-electron chi connectivity index (χ0n) is 16.8. The van der Waals surface area contributed by atoms with E-state index < -0.39 is 0 Å². The average Bonchev–Trinajstić information content (AvgIpc) is 2.74. The first kappa shape index (κ1) is 19.8. The zero-order chi connectivity index (χ0) is 20.5. The van der Waals surface area contributed by atoms with Gasteiger partial charge < -0.3 is 19.7 Å². The van der Waals surface area contributed by atoms with Crippen LogP contribution in [0, 0.1) is 3.57 Å². The van der Waals surface area contributed by atoms with Crippen molar-refractivity contribution in [1.82, 2.24) is 19.8 Å². The molecule has 0 bridgehead atoms. The van der Waals surface area contributed by atoms with Crippen molar-refractivity contribution in [3.8, 4) is 11.5 Å². The molecule has 2 aliphatic rings. The van der Waals surface area contributed by atoms with Gasteiger partial charge in [0.2, 0.25) is 0 Å². The van der Waals surface area contributed by atoms with E-state index in [1.165, 1.54) is 0 Å². The first-order valence-electron chi connectivity index (χ1n) is 10.2. The zero-order valence-corrected chi connectivity index (χ0v) is 19.0. The second kappa shape index (κ2) is 8.52. The molecule has 2 aromatic carbocycles. The van der Waals surface area contributed by atoms with Crippen molar-refractivity contribution in [2.75, 3.05) is 51.7 Å². The highest BCUT2D eigenvalue weighted by molar-refractivity contribution is 14.1. The molecule has 1 fully saturated rings. The summed E-state index contributed by atoms with van der Waals surface area (Å²) in [4.78, 5) is 13.7. The molecule has 1 aromatic heterocycles. The number of nitrogens with zero attached hydrogens (tertiary/aromatic N) is 4. The van der Waals surface area contributed by atoms with E-state index in [1.807, 2.05) is 24.3 Å². The Morgan fingerprint density at radius 1 is 1.10 bits per heavy atom. The van der Waals surface area contributed by atoms with Gasteiger partial charge >= 0.3 is 0 Å². The highest BCUT2D eigenvalue weighted by Gasteiger charge is 2.26. The van der Waals surface area contributed by atoms with Gasteiger partial charge in [-0.05, 0) is 53.9 Å². The fourth-order valence-corrected chi connectivity index (χ4v) is 4.42. The summed E-state index contributed by atoms with van der Waals surface area (Å²) in [7, 11) is 2.17. The normalized spacial score (nSPS) is 19.7. The summed E-state index contributed by atoms with van der Waals surface area (Å²) >= 11 is 2.30. The standard InChI is InChI=1S/C22H24IN5O2/c1-27-5-7-28(8-6-27)12-17-13-29-20-11-19-18(10-21(20)30-17)22(25-14-24-19)26-16-4-2-3-15(23)9-16/h2-4,9-11,14,17H,5-8,12-13H2,1H3,(H,24,25,26). The topological polar surface area (TPSA) is 62.8 Å². The fraction of sp³-hybridized carbons (Fsp3) is 0.364. The number of aromatic nitrogens is 2. The van der Waals surface area contributed by atoms with E-state index in [1.54, 1.807) is 6.33 Å². The van der Waals surface area contributed by atoms with Crippen LogP contribution in [0.5, 0.6) is 11.5 Å². The summed E-state index contributed by atoms with van der Waals surface area (Å²) in [5, 5.41) is 4.33. The molecule has 7 nitrogen and oxygen atoms in total. The molecule has 0 aliphatic carbocycles. The summed E-state index contributed by atoms with van der Waals surface area (Å²) in [6.45, 7) is 5.77. The Labute approximate surface area is 189 Å². The number of halogens is 1. The van der Waals surface area contributed by atoms with Crippen LogP contribution < -0.4 is 14.8 Å². The molecular weight excluding hydrogens is 493 g/mol. The van der Waals surface area contributed by atoms with Crippen LogP contribution in [0.15, 0.2) is 42.7 Å². The number of piperazine rings is 1. The van der Waals surface area contributed by atoms with Crippen LogP contribution in [0.2, 0.25) is 0 Å². The highest BCUT2D eigenvalue weighted by atomic mass is 127. The number of nitrogens with one attached hydrogen (secondary N) is 1. The predicted molar refractivity (Wildman–Crippen MR) is 126 cm³/mol. The number of benzene rings is 2. The molecule has 3 heterocycles. The number of fused-ring (bicyclic) bond motifs is 2. The first-order chi connectivity index (χ1) is 14.6. The third kappa shape index (κ3) is 4.30. The van der Waals surface area contributed by atoms with Crippen LogP contribution in [-0.2, 0) is 0 Å². The average molecular weight is 517 g/mol. The Kier molecular flexibility index (Phi) is 5.62. The van der Waals surface area contributed by atoms with E-state index in [4.69, 9.17) is 9.47 Å². The summed E-state index contributed by atoms with van der Waals surface area (Å²) in [5.41, 5.74) is 1.82. The summed E-state index contributed by atoms with van der Waals surface area (Å²) < 4.78 is 13.5. The van der Waals surface area contributed by atoms with Crippen molar-refractivity contribution in [2.45, 2.75) is 6.10 Å². The third-order valence-electron chi connectivity index (χ3n) is 5.56. The summed E-state index contributed by atoms with van der Waals surface area (Å²) in [5.74, 6) is 2.26. The lowest BCUT2D eigenvalue weighted by Crippen LogP contribution is -2.49. The number of hydrogen-bond acceptors (Lipinski definition) is 7. The molecule has 2 aliphatic heterocycles. The van der Waals surface area contributed by atoms with Crippen LogP contribution >= 0.6 is 22.6 Å². The Balaban J connectivity index is 1.38. The minimum absolute atomic E-state index is 0.0232. The molecule has 0 amide bonds. The van der Waals surface area contributed by atoms with Gasteiger partial charge in [-0.3, -0.25) is 4.90 Å². The minimum Gasteiger partial charge on any atom is -0.486 e. The maximum atomic E-state index is 6.33. The second-order valence-electron chi connectivity index (χ2n) is 7.83. The smallest absolute Gasteiger partial charge is 0.163 e. The molecule has 5 rings (SSSR count). The monoisotopic (exact) mass is 517 g/mol. The minimum atomic E-state index is 0.0232. The van der Waals surface area contributed by atoms with Gasteiger partial charge in [-0.1, -0.05) is 6.07 Å². The third-order valence-corrected chi connectivity index (χ3v) is 6.24. The van der Waals surface area contributed by atoms with E-state index in [9.17, 15) is 0 Å². The molecule has 156 valence electrons. The summed E-state index contributed by atoms with van der Waals surface area (Å²) in [6, 6.07) is 12.1. The molecule has 0 spiro atoms. The molecule has 1 unspecified atom stereocenters. The van der Waals surface area contributed by atoms with Gasteiger partial charge in [-0.15, -0.1) is 0 Å². The van der Waals surface area contributed by atoms with E-state index in [0.717, 1.165) is 70.2 Å². The van der Waals surface area contributed by atoms with Gasteiger partial charge in [0.05, 0.1) is 5.52 Å². The molecule has 0 radical (unpaired) electrons. The molecule has 1 saturated heterocycles. The van der Waals surface area contributed by atoms with Crippen LogP contribution in [0.25, 0.3) is 10.9 Å². The van der Waals surface area contributed by atoms with E-state index >= 15 is 0 Å². The van der Waals surface area contributed by atoms with Crippen molar-refractivity contribution in [3.63, 3.8) is 0 Å². The Morgan fingerprint density at radius 2 is 1.97 bits per heavy atom. The molecule has 1 N–H and O–H groups in total. The van der Waals surface area contributed by atoms with Crippen LogP contribution in [0.3, 0.4) is 0 Å². The number of hydrogen-bond donors (Lipinski definition) is 1.